The van der Waals surface area contributed by atoms with Crippen molar-refractivity contribution in [3.63, 3.8) is 0 Å². The largest absolute Gasteiger partial charge is 0.493 e. The molecule has 0 unspecified atom stereocenters. The van der Waals surface area contributed by atoms with Crippen LogP contribution in [-0.2, 0) is 14.9 Å². The lowest BCUT2D eigenvalue weighted by Gasteiger charge is -2.37. The van der Waals surface area contributed by atoms with Crippen LogP contribution in [0.2, 0.25) is 10.0 Å². The number of hydrogen-bond acceptors (Lipinski definition) is 3. The van der Waals surface area contributed by atoms with Gasteiger partial charge in [0, 0.05) is 28.9 Å². The number of halogens is 2. The molecule has 6 heteroatoms. The fraction of sp³-hybridized carbons (Fsp3) is 0.409. The first-order chi connectivity index (χ1) is 13.4. The molecule has 28 heavy (non-hydrogen) atoms. The van der Waals surface area contributed by atoms with Crippen LogP contribution in [0.25, 0.3) is 0 Å². The van der Waals surface area contributed by atoms with Crippen molar-refractivity contribution < 1.29 is 14.3 Å². The number of hydrogen-bond donors (Lipinski definition) is 1. The summed E-state index contributed by atoms with van der Waals surface area (Å²) in [6.07, 6.45) is 1.13. The summed E-state index contributed by atoms with van der Waals surface area (Å²) < 4.78 is 11.2. The number of rotatable bonds is 5. The predicted molar refractivity (Wildman–Crippen MR) is 114 cm³/mol. The van der Waals surface area contributed by atoms with E-state index in [4.69, 9.17) is 32.7 Å². The van der Waals surface area contributed by atoms with E-state index in [9.17, 15) is 4.79 Å². The Morgan fingerprint density at radius 2 is 1.79 bits per heavy atom. The van der Waals surface area contributed by atoms with Gasteiger partial charge in [-0.2, -0.15) is 0 Å². The van der Waals surface area contributed by atoms with E-state index in [0.717, 1.165) is 28.1 Å². The van der Waals surface area contributed by atoms with Crippen molar-refractivity contribution in [2.75, 3.05) is 25.1 Å². The molecule has 1 saturated heterocycles. The van der Waals surface area contributed by atoms with Crippen molar-refractivity contribution in [3.8, 4) is 5.75 Å². The van der Waals surface area contributed by atoms with Gasteiger partial charge in [0.25, 0.3) is 0 Å². The summed E-state index contributed by atoms with van der Waals surface area (Å²) in [5.41, 5.74) is 2.77. The minimum atomic E-state index is -0.750. The minimum Gasteiger partial charge on any atom is -0.493 e. The summed E-state index contributed by atoms with van der Waals surface area (Å²) in [6, 6.07) is 9.19. The van der Waals surface area contributed by atoms with E-state index < -0.39 is 5.41 Å². The summed E-state index contributed by atoms with van der Waals surface area (Å²) in [5.74, 6) is 0.782. The maximum Gasteiger partial charge on any atom is 0.235 e. The van der Waals surface area contributed by atoms with Crippen molar-refractivity contribution >= 4 is 34.8 Å². The highest BCUT2D eigenvalue weighted by Crippen LogP contribution is 2.41. The van der Waals surface area contributed by atoms with E-state index in [0.29, 0.717) is 42.7 Å². The van der Waals surface area contributed by atoms with Crippen LogP contribution in [0.1, 0.15) is 36.5 Å². The van der Waals surface area contributed by atoms with Crippen LogP contribution in [-0.4, -0.2) is 25.7 Å². The van der Waals surface area contributed by atoms with E-state index >= 15 is 0 Å². The molecule has 0 aliphatic carbocycles. The zero-order chi connectivity index (χ0) is 20.3. The third kappa shape index (κ3) is 4.14. The lowest BCUT2D eigenvalue weighted by atomic mass is 9.73. The van der Waals surface area contributed by atoms with Crippen molar-refractivity contribution in [2.45, 2.75) is 39.0 Å². The average Bonchev–Trinajstić information content (AvgIpc) is 2.65. The first-order valence-corrected chi connectivity index (χ1v) is 10.2. The van der Waals surface area contributed by atoms with Crippen LogP contribution in [0.15, 0.2) is 30.3 Å². The molecule has 4 nitrogen and oxygen atoms in total. The number of amides is 1. The molecule has 0 bridgehead atoms. The van der Waals surface area contributed by atoms with E-state index in [1.807, 2.05) is 39.0 Å². The molecule has 1 fully saturated rings. The van der Waals surface area contributed by atoms with Crippen LogP contribution in [0, 0.1) is 13.8 Å². The maximum absolute atomic E-state index is 13.5. The molecule has 1 amide bonds. The lowest BCUT2D eigenvalue weighted by Crippen LogP contribution is -2.45. The Bertz CT molecular complexity index is 853. The van der Waals surface area contributed by atoms with Crippen LogP contribution < -0.4 is 10.1 Å². The molecule has 0 saturated carbocycles. The zero-order valence-electron chi connectivity index (χ0n) is 16.4. The second kappa shape index (κ2) is 8.73. The first kappa shape index (κ1) is 21.0. The number of carbonyl (C=O) groups excluding carboxylic acids is 1. The van der Waals surface area contributed by atoms with Crippen molar-refractivity contribution in [1.82, 2.24) is 0 Å². The second-order valence-electron chi connectivity index (χ2n) is 7.14. The maximum atomic E-state index is 13.5. The molecule has 2 aromatic rings. The number of anilines is 1. The van der Waals surface area contributed by atoms with Crippen molar-refractivity contribution in [1.29, 1.82) is 0 Å². The van der Waals surface area contributed by atoms with Gasteiger partial charge in [0.2, 0.25) is 5.91 Å². The molecule has 3 rings (SSSR count). The Morgan fingerprint density at radius 3 is 2.36 bits per heavy atom. The van der Waals surface area contributed by atoms with E-state index in [-0.39, 0.29) is 5.91 Å². The first-order valence-electron chi connectivity index (χ1n) is 9.46. The van der Waals surface area contributed by atoms with Gasteiger partial charge in [-0.3, -0.25) is 4.79 Å². The molecule has 0 atom stereocenters. The van der Waals surface area contributed by atoms with Crippen LogP contribution in [0.5, 0.6) is 5.75 Å². The SMILES string of the molecule is CCOc1c(C)cc(NC(=O)C2(c3ccc(Cl)cc3Cl)CCOCC2)cc1C. The Morgan fingerprint density at radius 1 is 1.14 bits per heavy atom. The number of nitrogens with one attached hydrogen (secondary N) is 1. The van der Waals surface area contributed by atoms with Crippen molar-refractivity contribution in [2.24, 2.45) is 0 Å². The van der Waals surface area contributed by atoms with Gasteiger partial charge < -0.3 is 14.8 Å². The molecule has 1 aliphatic rings. The number of benzene rings is 2. The second-order valence-corrected chi connectivity index (χ2v) is 7.99. The molecular weight excluding hydrogens is 397 g/mol. The molecular formula is C22H25Cl2NO3. The summed E-state index contributed by atoms with van der Waals surface area (Å²) in [6.45, 7) is 7.54. The third-order valence-electron chi connectivity index (χ3n) is 5.23. The number of carbonyl (C=O) groups is 1. The molecule has 1 aliphatic heterocycles. The highest BCUT2D eigenvalue weighted by Gasteiger charge is 2.43. The average molecular weight is 422 g/mol. The monoisotopic (exact) mass is 421 g/mol. The van der Waals surface area contributed by atoms with Crippen LogP contribution in [0.4, 0.5) is 5.69 Å². The quantitative estimate of drug-likeness (QED) is 0.673. The summed E-state index contributed by atoms with van der Waals surface area (Å²) >= 11 is 12.5. The van der Waals surface area contributed by atoms with Gasteiger partial charge in [0.15, 0.2) is 0 Å². The van der Waals surface area contributed by atoms with E-state index in [1.54, 1.807) is 12.1 Å². The molecule has 0 spiro atoms. The molecule has 2 aromatic carbocycles. The van der Waals surface area contributed by atoms with Gasteiger partial charge in [-0.05, 0) is 74.6 Å². The standard InChI is InChI=1S/C22H25Cl2NO3/c1-4-28-20-14(2)11-17(12-15(20)3)25-21(26)22(7-9-27-10-8-22)18-6-5-16(23)13-19(18)24/h5-6,11-13H,4,7-10H2,1-3H3,(H,25,26). The Hall–Kier alpha value is -1.75. The summed E-state index contributed by atoms with van der Waals surface area (Å²) in [5, 5.41) is 4.16. The Labute approximate surface area is 176 Å². The van der Waals surface area contributed by atoms with Crippen LogP contribution in [0.3, 0.4) is 0 Å². The van der Waals surface area contributed by atoms with Gasteiger partial charge >= 0.3 is 0 Å². The number of aryl methyl sites for hydroxylation is 2. The fourth-order valence-electron chi connectivity index (χ4n) is 3.86. The molecule has 0 radical (unpaired) electrons. The third-order valence-corrected chi connectivity index (χ3v) is 5.78. The summed E-state index contributed by atoms with van der Waals surface area (Å²) in [7, 11) is 0. The Kier molecular flexibility index (Phi) is 6.54. The molecule has 1 heterocycles. The molecule has 0 aromatic heterocycles. The van der Waals surface area contributed by atoms with Crippen molar-refractivity contribution in [3.05, 3.63) is 57.1 Å². The minimum absolute atomic E-state index is 0.0806. The highest BCUT2D eigenvalue weighted by atomic mass is 35.5. The fourth-order valence-corrected chi connectivity index (χ4v) is 4.45. The molecule has 150 valence electrons. The van der Waals surface area contributed by atoms with Gasteiger partial charge in [0.1, 0.15) is 5.75 Å². The van der Waals surface area contributed by atoms with E-state index in [2.05, 4.69) is 5.32 Å². The lowest BCUT2D eigenvalue weighted by molar-refractivity contribution is -0.125. The van der Waals surface area contributed by atoms with Gasteiger partial charge in [-0.25, -0.2) is 0 Å². The number of ether oxygens (including phenoxy) is 2. The smallest absolute Gasteiger partial charge is 0.235 e. The zero-order valence-corrected chi connectivity index (χ0v) is 17.9. The topological polar surface area (TPSA) is 47.6 Å². The van der Waals surface area contributed by atoms with Crippen LogP contribution >= 0.6 is 23.2 Å². The highest BCUT2D eigenvalue weighted by molar-refractivity contribution is 6.35. The molecule has 1 N–H and O–H groups in total. The normalized spacial score (nSPS) is 15.9. The van der Waals surface area contributed by atoms with Gasteiger partial charge in [-0.1, -0.05) is 29.3 Å². The van der Waals surface area contributed by atoms with E-state index in [1.165, 1.54) is 0 Å². The Balaban J connectivity index is 1.95. The predicted octanol–water partition coefficient (Wildman–Crippen LogP) is 5.70. The van der Waals surface area contributed by atoms with Gasteiger partial charge in [-0.15, -0.1) is 0 Å². The summed E-state index contributed by atoms with van der Waals surface area (Å²) in [4.78, 5) is 13.5. The van der Waals surface area contributed by atoms with Gasteiger partial charge in [0.05, 0.1) is 12.0 Å².